The lowest BCUT2D eigenvalue weighted by molar-refractivity contribution is 0.102. The minimum Gasteiger partial charge on any atom is -0.338 e. The molecule has 102 valence electrons. The van der Waals surface area contributed by atoms with E-state index in [9.17, 15) is 0 Å². The van der Waals surface area contributed by atoms with Gasteiger partial charge in [-0.1, -0.05) is 20.8 Å². The SMILES string of the molecule is CC1CC(C)(C)CC(N)(CCc2nccn2C)C1. The van der Waals surface area contributed by atoms with Gasteiger partial charge in [0, 0.05) is 31.4 Å². The Morgan fingerprint density at radius 3 is 2.72 bits per heavy atom. The molecule has 1 aromatic heterocycles. The van der Waals surface area contributed by atoms with Crippen molar-refractivity contribution in [3.05, 3.63) is 18.2 Å². The fourth-order valence-corrected chi connectivity index (χ4v) is 4.00. The van der Waals surface area contributed by atoms with Crippen molar-refractivity contribution < 1.29 is 0 Å². The molecule has 3 nitrogen and oxygen atoms in total. The van der Waals surface area contributed by atoms with Crippen molar-refractivity contribution in [2.45, 2.75) is 58.4 Å². The third kappa shape index (κ3) is 3.14. The summed E-state index contributed by atoms with van der Waals surface area (Å²) in [6.07, 6.45) is 9.50. The van der Waals surface area contributed by atoms with Gasteiger partial charge in [0.1, 0.15) is 5.82 Å². The molecule has 0 amide bonds. The van der Waals surface area contributed by atoms with E-state index in [2.05, 4.69) is 37.4 Å². The van der Waals surface area contributed by atoms with Gasteiger partial charge in [-0.15, -0.1) is 0 Å². The van der Waals surface area contributed by atoms with Crippen LogP contribution >= 0.6 is 0 Å². The molecule has 2 N–H and O–H groups in total. The van der Waals surface area contributed by atoms with Gasteiger partial charge in [0.25, 0.3) is 0 Å². The number of nitrogens with zero attached hydrogens (tertiary/aromatic N) is 2. The lowest BCUT2D eigenvalue weighted by atomic mass is 9.63. The highest BCUT2D eigenvalue weighted by molar-refractivity contribution is 5.00. The molecule has 0 radical (unpaired) electrons. The summed E-state index contributed by atoms with van der Waals surface area (Å²) in [6, 6.07) is 0. The number of nitrogens with two attached hydrogens (primary N) is 1. The van der Waals surface area contributed by atoms with E-state index in [1.807, 2.05) is 12.4 Å². The topological polar surface area (TPSA) is 43.8 Å². The zero-order valence-corrected chi connectivity index (χ0v) is 12.2. The second-order valence-corrected chi connectivity index (χ2v) is 7.17. The molecule has 18 heavy (non-hydrogen) atoms. The van der Waals surface area contributed by atoms with Crippen molar-refractivity contribution in [2.24, 2.45) is 24.1 Å². The molecule has 1 heterocycles. The highest BCUT2D eigenvalue weighted by Gasteiger charge is 2.39. The lowest BCUT2D eigenvalue weighted by Gasteiger charge is -2.45. The molecule has 1 aliphatic carbocycles. The van der Waals surface area contributed by atoms with Gasteiger partial charge in [-0.25, -0.2) is 4.98 Å². The maximum absolute atomic E-state index is 6.65. The average Bonchev–Trinajstić information content (AvgIpc) is 2.57. The second kappa shape index (κ2) is 4.69. The monoisotopic (exact) mass is 249 g/mol. The largest absolute Gasteiger partial charge is 0.338 e. The Labute approximate surface area is 111 Å². The molecule has 3 heteroatoms. The van der Waals surface area contributed by atoms with Crippen LogP contribution < -0.4 is 5.73 Å². The normalized spacial score (nSPS) is 31.5. The van der Waals surface area contributed by atoms with Gasteiger partial charge in [0.05, 0.1) is 0 Å². The molecule has 1 aliphatic rings. The second-order valence-electron chi connectivity index (χ2n) is 7.17. The van der Waals surface area contributed by atoms with E-state index in [1.54, 1.807) is 0 Å². The van der Waals surface area contributed by atoms with E-state index in [0.29, 0.717) is 5.41 Å². The zero-order valence-electron chi connectivity index (χ0n) is 12.2. The van der Waals surface area contributed by atoms with Crippen LogP contribution in [-0.2, 0) is 13.5 Å². The van der Waals surface area contributed by atoms with Crippen LogP contribution in [0.5, 0.6) is 0 Å². The summed E-state index contributed by atoms with van der Waals surface area (Å²) in [5, 5.41) is 0. The first-order valence-corrected chi connectivity index (χ1v) is 7.05. The Bertz CT molecular complexity index is 408. The first-order chi connectivity index (χ1) is 8.30. The number of imidazole rings is 1. The van der Waals surface area contributed by atoms with E-state index in [-0.39, 0.29) is 5.54 Å². The zero-order chi connectivity index (χ0) is 13.4. The van der Waals surface area contributed by atoms with Crippen LogP contribution in [0.4, 0.5) is 0 Å². The summed E-state index contributed by atoms with van der Waals surface area (Å²) in [7, 11) is 2.05. The van der Waals surface area contributed by atoms with E-state index in [0.717, 1.165) is 37.4 Å². The molecule has 2 atom stereocenters. The summed E-state index contributed by atoms with van der Waals surface area (Å²) in [4.78, 5) is 4.39. The van der Waals surface area contributed by atoms with Crippen LogP contribution in [0.2, 0.25) is 0 Å². The van der Waals surface area contributed by atoms with Crippen LogP contribution in [-0.4, -0.2) is 15.1 Å². The molecule has 0 aliphatic heterocycles. The van der Waals surface area contributed by atoms with Crippen LogP contribution in [0.25, 0.3) is 0 Å². The number of rotatable bonds is 3. The number of hydrogen-bond acceptors (Lipinski definition) is 2. The fourth-order valence-electron chi connectivity index (χ4n) is 4.00. The molecule has 1 saturated carbocycles. The third-order valence-corrected chi connectivity index (χ3v) is 4.25. The van der Waals surface area contributed by atoms with Crippen molar-refractivity contribution >= 4 is 0 Å². The fraction of sp³-hybridized carbons (Fsp3) is 0.800. The molecule has 1 fully saturated rings. The van der Waals surface area contributed by atoms with Crippen molar-refractivity contribution in [1.29, 1.82) is 0 Å². The Kier molecular flexibility index (Phi) is 3.54. The highest BCUT2D eigenvalue weighted by atomic mass is 15.0. The minimum atomic E-state index is -0.00683. The molecule has 0 bridgehead atoms. The molecule has 0 spiro atoms. The van der Waals surface area contributed by atoms with E-state index >= 15 is 0 Å². The quantitative estimate of drug-likeness (QED) is 0.895. The molecular weight excluding hydrogens is 222 g/mol. The summed E-state index contributed by atoms with van der Waals surface area (Å²) in [6.45, 7) is 7.04. The lowest BCUT2D eigenvalue weighted by Crippen LogP contribution is -2.49. The van der Waals surface area contributed by atoms with Crippen LogP contribution in [0.15, 0.2) is 12.4 Å². The van der Waals surface area contributed by atoms with Gasteiger partial charge in [-0.05, 0) is 37.0 Å². The maximum atomic E-state index is 6.65. The van der Waals surface area contributed by atoms with E-state index in [1.165, 1.54) is 6.42 Å². The van der Waals surface area contributed by atoms with E-state index < -0.39 is 0 Å². The summed E-state index contributed by atoms with van der Waals surface area (Å²) >= 11 is 0. The van der Waals surface area contributed by atoms with E-state index in [4.69, 9.17) is 5.73 Å². The number of aromatic nitrogens is 2. The maximum Gasteiger partial charge on any atom is 0.108 e. The molecule has 0 aromatic carbocycles. The van der Waals surface area contributed by atoms with Gasteiger partial charge in [0.2, 0.25) is 0 Å². The van der Waals surface area contributed by atoms with Crippen LogP contribution in [0.1, 0.15) is 52.3 Å². The molecule has 2 unspecified atom stereocenters. The Morgan fingerprint density at radius 1 is 1.44 bits per heavy atom. The standard InChI is InChI=1S/C15H27N3/c1-12-9-14(2,3)11-15(16,10-12)6-5-13-17-7-8-18(13)4/h7-8,12H,5-6,9-11,16H2,1-4H3. The summed E-state index contributed by atoms with van der Waals surface area (Å²) in [5.41, 5.74) is 7.03. The molecule has 2 rings (SSSR count). The predicted octanol–water partition coefficient (Wildman–Crippen LogP) is 2.90. The first-order valence-electron chi connectivity index (χ1n) is 7.05. The van der Waals surface area contributed by atoms with Crippen molar-refractivity contribution in [3.8, 4) is 0 Å². The molecule has 1 aromatic rings. The summed E-state index contributed by atoms with van der Waals surface area (Å²) < 4.78 is 2.10. The Morgan fingerprint density at radius 2 is 2.17 bits per heavy atom. The average molecular weight is 249 g/mol. The van der Waals surface area contributed by atoms with Crippen molar-refractivity contribution in [1.82, 2.24) is 9.55 Å². The van der Waals surface area contributed by atoms with Gasteiger partial charge in [-0.2, -0.15) is 0 Å². The molecular formula is C15H27N3. The number of aryl methyl sites for hydroxylation is 2. The van der Waals surface area contributed by atoms with Crippen molar-refractivity contribution in [2.75, 3.05) is 0 Å². The van der Waals surface area contributed by atoms with Gasteiger partial charge in [-0.3, -0.25) is 0 Å². The van der Waals surface area contributed by atoms with Crippen LogP contribution in [0.3, 0.4) is 0 Å². The Balaban J connectivity index is 2.01. The van der Waals surface area contributed by atoms with Gasteiger partial charge >= 0.3 is 0 Å². The minimum absolute atomic E-state index is 0.00683. The highest BCUT2D eigenvalue weighted by Crippen LogP contribution is 2.44. The Hall–Kier alpha value is -0.830. The van der Waals surface area contributed by atoms with Gasteiger partial charge in [0.15, 0.2) is 0 Å². The van der Waals surface area contributed by atoms with Crippen molar-refractivity contribution in [3.63, 3.8) is 0 Å². The summed E-state index contributed by atoms with van der Waals surface area (Å²) in [5.74, 6) is 1.89. The molecule has 0 saturated heterocycles. The number of hydrogen-bond donors (Lipinski definition) is 1. The third-order valence-electron chi connectivity index (χ3n) is 4.25. The first kappa shape index (κ1) is 13.6. The van der Waals surface area contributed by atoms with Crippen LogP contribution in [0, 0.1) is 11.3 Å². The van der Waals surface area contributed by atoms with Gasteiger partial charge < -0.3 is 10.3 Å². The predicted molar refractivity (Wildman–Crippen MR) is 75.2 cm³/mol. The smallest absolute Gasteiger partial charge is 0.108 e.